The Morgan fingerprint density at radius 1 is 0.239 bits per heavy atom. The highest BCUT2D eigenvalue weighted by atomic mass is 15.1. The third kappa shape index (κ3) is 5.45. The van der Waals surface area contributed by atoms with Crippen LogP contribution in [0.3, 0.4) is 0 Å². The van der Waals surface area contributed by atoms with E-state index < -0.39 is 5.41 Å². The van der Waals surface area contributed by atoms with Gasteiger partial charge in [-0.05, 0) is 167 Å². The highest BCUT2D eigenvalue weighted by molar-refractivity contribution is 6.27. The third-order valence-electron chi connectivity index (χ3n) is 14.5. The summed E-state index contributed by atoms with van der Waals surface area (Å²) in [6, 6.07) is 94.8. The fraction of sp³-hybridized carbons (Fsp3) is 0.0154. The summed E-state index contributed by atoms with van der Waals surface area (Å²) in [4.78, 5) is 4.83. The normalized spacial score (nSPS) is 12.9. The monoisotopic (exact) mass is 850 g/mol. The second-order valence-corrected chi connectivity index (χ2v) is 18.0. The van der Waals surface area contributed by atoms with Gasteiger partial charge in [0.05, 0.1) is 5.41 Å². The van der Waals surface area contributed by atoms with Crippen LogP contribution < -0.4 is 9.80 Å². The maximum atomic E-state index is 2.56. The minimum absolute atomic E-state index is 0.760. The molecule has 0 unspecified atom stereocenters. The Morgan fingerprint density at radius 2 is 0.672 bits per heavy atom. The van der Waals surface area contributed by atoms with E-state index in [1.807, 2.05) is 0 Å². The van der Waals surface area contributed by atoms with Gasteiger partial charge in [-0.15, -0.1) is 0 Å². The summed E-state index contributed by atoms with van der Waals surface area (Å²) in [6.45, 7) is 0. The molecule has 67 heavy (non-hydrogen) atoms. The molecule has 0 saturated carbocycles. The zero-order chi connectivity index (χ0) is 44.1. The average Bonchev–Trinajstić information content (AvgIpc) is 3.64. The lowest BCUT2D eigenvalue weighted by Gasteiger charge is -2.37. The average molecular weight is 851 g/mol. The van der Waals surface area contributed by atoms with Crippen molar-refractivity contribution < 1.29 is 0 Å². The Kier molecular flexibility index (Phi) is 8.23. The summed E-state index contributed by atoms with van der Waals surface area (Å²) in [5, 5.41) is 7.77. The number of para-hydroxylation sites is 4. The van der Waals surface area contributed by atoms with Crippen LogP contribution in [0.1, 0.15) is 22.3 Å². The Labute approximate surface area is 390 Å². The molecule has 0 N–H and O–H groups in total. The van der Waals surface area contributed by atoms with Crippen molar-refractivity contribution in [3.8, 4) is 33.4 Å². The second-order valence-electron chi connectivity index (χ2n) is 18.0. The van der Waals surface area contributed by atoms with Gasteiger partial charge < -0.3 is 9.80 Å². The third-order valence-corrected chi connectivity index (χ3v) is 14.5. The van der Waals surface area contributed by atoms with Gasteiger partial charge in [0.15, 0.2) is 0 Å². The summed E-state index contributed by atoms with van der Waals surface area (Å²) in [6.07, 6.45) is 0. The zero-order valence-electron chi connectivity index (χ0n) is 36.6. The van der Waals surface area contributed by atoms with Crippen LogP contribution in [0.15, 0.2) is 255 Å². The highest BCUT2D eigenvalue weighted by Gasteiger charge is 2.51. The Hall–Kier alpha value is -8.72. The van der Waals surface area contributed by atoms with Crippen molar-refractivity contribution in [1.82, 2.24) is 0 Å². The van der Waals surface area contributed by atoms with E-state index in [0.29, 0.717) is 0 Å². The first-order valence-corrected chi connectivity index (χ1v) is 23.3. The molecule has 2 heteroatoms. The molecule has 0 fully saturated rings. The molecule has 12 aromatic carbocycles. The Morgan fingerprint density at radius 3 is 1.18 bits per heavy atom. The van der Waals surface area contributed by atoms with Gasteiger partial charge in [-0.1, -0.05) is 176 Å². The lowest BCUT2D eigenvalue weighted by molar-refractivity contribution is 0.776. The van der Waals surface area contributed by atoms with Crippen molar-refractivity contribution in [2.45, 2.75) is 5.41 Å². The van der Waals surface area contributed by atoms with E-state index in [9.17, 15) is 0 Å². The van der Waals surface area contributed by atoms with Crippen molar-refractivity contribution in [2.24, 2.45) is 0 Å². The van der Waals surface area contributed by atoms with E-state index in [0.717, 1.165) is 34.1 Å². The summed E-state index contributed by atoms with van der Waals surface area (Å²) in [5.74, 6) is 0. The number of hydrogen-bond acceptors (Lipinski definition) is 2. The van der Waals surface area contributed by atoms with Gasteiger partial charge in [0.25, 0.3) is 0 Å². The van der Waals surface area contributed by atoms with Crippen LogP contribution in [0, 0.1) is 0 Å². The van der Waals surface area contributed by atoms with Gasteiger partial charge in [0.1, 0.15) is 0 Å². The van der Waals surface area contributed by atoms with Crippen molar-refractivity contribution in [3.05, 3.63) is 277 Å². The molecule has 0 saturated heterocycles. The lowest BCUT2D eigenvalue weighted by Crippen LogP contribution is -2.30. The molecule has 0 atom stereocenters. The summed E-state index contributed by atoms with van der Waals surface area (Å²) < 4.78 is 0. The van der Waals surface area contributed by atoms with Crippen molar-refractivity contribution in [3.63, 3.8) is 0 Å². The number of anilines is 6. The molecule has 0 bridgehead atoms. The van der Waals surface area contributed by atoms with E-state index >= 15 is 0 Å². The molecule has 1 spiro atoms. The van der Waals surface area contributed by atoms with Gasteiger partial charge in [0, 0.05) is 34.1 Å². The smallest absolute Gasteiger partial charge is 0.0727 e. The van der Waals surface area contributed by atoms with E-state index in [2.05, 4.69) is 265 Å². The van der Waals surface area contributed by atoms with Gasteiger partial charge in [-0.2, -0.15) is 0 Å². The number of benzene rings is 12. The summed E-state index contributed by atoms with van der Waals surface area (Å²) in [7, 11) is 0. The largest absolute Gasteiger partial charge is 0.310 e. The fourth-order valence-corrected chi connectivity index (χ4v) is 11.9. The SMILES string of the molecule is c1ccc(N(c2ccccc2)c2ccc3c(c2)C2(c4cc(N(c5ccccc5)c5ccccc5)ccc4-c4ccccc4-3)c3ccccc3-c3c2cc2ccc4cccc5ccc3c2c45)cc1. The van der Waals surface area contributed by atoms with Crippen molar-refractivity contribution in [2.75, 3.05) is 9.80 Å². The number of rotatable bonds is 6. The quantitative estimate of drug-likeness (QED) is 0.154. The van der Waals surface area contributed by atoms with Crippen LogP contribution in [0.2, 0.25) is 0 Å². The van der Waals surface area contributed by atoms with Crippen LogP contribution in [0.4, 0.5) is 34.1 Å². The molecular formula is C65H42N2. The molecule has 0 aromatic heterocycles. The van der Waals surface area contributed by atoms with Crippen LogP contribution >= 0.6 is 0 Å². The first-order valence-electron chi connectivity index (χ1n) is 23.3. The van der Waals surface area contributed by atoms with Crippen LogP contribution in [0.25, 0.3) is 65.7 Å². The second kappa shape index (κ2) is 14.7. The topological polar surface area (TPSA) is 6.48 Å². The summed E-state index contributed by atoms with van der Waals surface area (Å²) in [5.41, 5.74) is 18.5. The van der Waals surface area contributed by atoms with Crippen molar-refractivity contribution in [1.29, 1.82) is 0 Å². The predicted molar refractivity (Wildman–Crippen MR) is 281 cm³/mol. The van der Waals surface area contributed by atoms with Gasteiger partial charge in [-0.3, -0.25) is 0 Å². The zero-order valence-corrected chi connectivity index (χ0v) is 36.6. The molecule has 0 amide bonds. The molecule has 14 rings (SSSR count). The number of hydrogen-bond donors (Lipinski definition) is 0. The molecule has 0 heterocycles. The minimum Gasteiger partial charge on any atom is -0.310 e. The molecule has 2 nitrogen and oxygen atoms in total. The van der Waals surface area contributed by atoms with E-state index in [4.69, 9.17) is 0 Å². The highest BCUT2D eigenvalue weighted by Crippen LogP contribution is 2.64. The van der Waals surface area contributed by atoms with E-state index in [-0.39, 0.29) is 0 Å². The Bertz CT molecular complexity index is 3610. The molecule has 312 valence electrons. The molecular weight excluding hydrogens is 809 g/mol. The van der Waals surface area contributed by atoms with Crippen LogP contribution in [-0.2, 0) is 5.41 Å². The molecule has 0 aliphatic heterocycles. The first-order chi connectivity index (χ1) is 33.3. The van der Waals surface area contributed by atoms with Crippen molar-refractivity contribution >= 4 is 66.4 Å². The van der Waals surface area contributed by atoms with E-state index in [1.165, 1.54) is 88.0 Å². The maximum Gasteiger partial charge on any atom is 0.0727 e. The first kappa shape index (κ1) is 37.6. The number of nitrogens with zero attached hydrogens (tertiary/aromatic N) is 2. The maximum absolute atomic E-state index is 2.56. The minimum atomic E-state index is -0.760. The van der Waals surface area contributed by atoms with Gasteiger partial charge >= 0.3 is 0 Å². The molecule has 2 aliphatic rings. The summed E-state index contributed by atoms with van der Waals surface area (Å²) >= 11 is 0. The van der Waals surface area contributed by atoms with Crippen LogP contribution in [-0.4, -0.2) is 0 Å². The molecule has 12 aromatic rings. The van der Waals surface area contributed by atoms with Gasteiger partial charge in [-0.25, -0.2) is 0 Å². The van der Waals surface area contributed by atoms with Crippen LogP contribution in [0.5, 0.6) is 0 Å². The lowest BCUT2D eigenvalue weighted by atomic mass is 9.65. The standard InChI is InChI=1S/C65H42N2/c1-5-20-46(21-6-1)66(47-22-7-2-8-23-47)50-35-38-54-52-28-13-14-29-53(52)55-39-36-51(67(48-24-9-3-10-25-48)49-26-11-4-12-27-49)42-60(55)65(59(54)41-50)58-31-16-15-30-56(58)64-57-37-34-44-19-17-18-43-32-33-45(40-61(64)65)63(57)62(43)44/h1-42H. The molecule has 2 aliphatic carbocycles. The Balaban J connectivity index is 1.17. The fourth-order valence-electron chi connectivity index (χ4n) is 11.9. The van der Waals surface area contributed by atoms with E-state index in [1.54, 1.807) is 0 Å². The number of fused-ring (bicyclic) bond motifs is 13. The van der Waals surface area contributed by atoms with Gasteiger partial charge in [0.2, 0.25) is 0 Å². The molecule has 0 radical (unpaired) electrons. The predicted octanol–water partition coefficient (Wildman–Crippen LogP) is 17.5.